The highest BCUT2D eigenvalue weighted by Crippen LogP contribution is 2.32. The maximum atomic E-state index is 11.3. The summed E-state index contributed by atoms with van der Waals surface area (Å²) in [6.45, 7) is 18.2. The van der Waals surface area contributed by atoms with Gasteiger partial charge in [-0.3, -0.25) is 0 Å². The predicted molar refractivity (Wildman–Crippen MR) is 85.3 cm³/mol. The van der Waals surface area contributed by atoms with Crippen molar-refractivity contribution < 1.29 is 4.79 Å². The molecule has 0 heterocycles. The first-order valence-electron chi connectivity index (χ1n) is 7.90. The number of hydrogen-bond acceptors (Lipinski definition) is 1. The SMILES string of the molecule is CC(CCC(C=O)C(C)CC(C)(C)C)CC(C)(C)C. The fourth-order valence-corrected chi connectivity index (χ4v) is 3.23. The zero-order valence-electron chi connectivity index (χ0n) is 14.5. The molecule has 0 fully saturated rings. The van der Waals surface area contributed by atoms with Gasteiger partial charge in [-0.25, -0.2) is 0 Å². The van der Waals surface area contributed by atoms with Gasteiger partial charge in [0.1, 0.15) is 6.29 Å². The molecule has 0 aromatic carbocycles. The smallest absolute Gasteiger partial charge is 0.123 e. The summed E-state index contributed by atoms with van der Waals surface area (Å²) in [6, 6.07) is 0. The van der Waals surface area contributed by atoms with E-state index in [0.29, 0.717) is 22.7 Å². The summed E-state index contributed by atoms with van der Waals surface area (Å²) < 4.78 is 0. The van der Waals surface area contributed by atoms with Gasteiger partial charge in [0.05, 0.1) is 0 Å². The van der Waals surface area contributed by atoms with E-state index in [0.717, 1.165) is 12.8 Å². The van der Waals surface area contributed by atoms with Crippen LogP contribution in [0.5, 0.6) is 0 Å². The van der Waals surface area contributed by atoms with Crippen LogP contribution in [0.3, 0.4) is 0 Å². The van der Waals surface area contributed by atoms with Gasteiger partial charge in [-0.1, -0.05) is 61.8 Å². The molecular formula is C18H36O. The molecule has 3 atom stereocenters. The Balaban J connectivity index is 4.23. The van der Waals surface area contributed by atoms with Crippen molar-refractivity contribution in [3.8, 4) is 0 Å². The van der Waals surface area contributed by atoms with E-state index < -0.39 is 0 Å². The lowest BCUT2D eigenvalue weighted by Crippen LogP contribution is -2.21. The van der Waals surface area contributed by atoms with Crippen molar-refractivity contribution in [1.82, 2.24) is 0 Å². The summed E-state index contributed by atoms with van der Waals surface area (Å²) >= 11 is 0. The summed E-state index contributed by atoms with van der Waals surface area (Å²) in [6.07, 6.45) is 5.80. The Labute approximate surface area is 121 Å². The van der Waals surface area contributed by atoms with Crippen LogP contribution in [-0.2, 0) is 4.79 Å². The van der Waals surface area contributed by atoms with Crippen LogP contribution >= 0.6 is 0 Å². The number of rotatable bonds is 7. The molecule has 0 aliphatic carbocycles. The third-order valence-corrected chi connectivity index (χ3v) is 3.79. The molecule has 0 saturated heterocycles. The number of carbonyl (C=O) groups is 1. The highest BCUT2D eigenvalue weighted by molar-refractivity contribution is 5.53. The molecule has 0 amide bonds. The van der Waals surface area contributed by atoms with Crippen LogP contribution in [0.25, 0.3) is 0 Å². The first kappa shape index (κ1) is 18.7. The molecule has 0 aliphatic rings. The van der Waals surface area contributed by atoms with Crippen molar-refractivity contribution in [2.45, 2.75) is 81.1 Å². The molecule has 1 nitrogen and oxygen atoms in total. The quantitative estimate of drug-likeness (QED) is 0.539. The Morgan fingerprint density at radius 2 is 1.32 bits per heavy atom. The lowest BCUT2D eigenvalue weighted by molar-refractivity contribution is -0.113. The molecule has 0 rings (SSSR count). The summed E-state index contributed by atoms with van der Waals surface area (Å²) in [4.78, 5) is 11.3. The number of aldehydes is 1. The molecule has 0 radical (unpaired) electrons. The summed E-state index contributed by atoms with van der Waals surface area (Å²) in [5.41, 5.74) is 0.713. The zero-order valence-corrected chi connectivity index (χ0v) is 14.5. The van der Waals surface area contributed by atoms with Crippen molar-refractivity contribution in [3.05, 3.63) is 0 Å². The van der Waals surface area contributed by atoms with Crippen LogP contribution in [0.15, 0.2) is 0 Å². The van der Waals surface area contributed by atoms with Gasteiger partial charge in [-0.05, 0) is 41.9 Å². The molecule has 114 valence electrons. The molecule has 0 bridgehead atoms. The second-order valence-electron chi connectivity index (χ2n) is 8.99. The van der Waals surface area contributed by atoms with Crippen LogP contribution in [0.4, 0.5) is 0 Å². The van der Waals surface area contributed by atoms with Crippen LogP contribution < -0.4 is 0 Å². The number of hydrogen-bond donors (Lipinski definition) is 0. The third-order valence-electron chi connectivity index (χ3n) is 3.79. The Morgan fingerprint density at radius 3 is 1.68 bits per heavy atom. The van der Waals surface area contributed by atoms with Gasteiger partial charge in [-0.15, -0.1) is 0 Å². The van der Waals surface area contributed by atoms with Crippen molar-refractivity contribution in [1.29, 1.82) is 0 Å². The number of carbonyl (C=O) groups excluding carboxylic acids is 1. The van der Waals surface area contributed by atoms with E-state index in [1.54, 1.807) is 0 Å². The maximum Gasteiger partial charge on any atom is 0.123 e. The molecule has 0 aromatic heterocycles. The molecule has 0 aliphatic heterocycles. The van der Waals surface area contributed by atoms with E-state index in [9.17, 15) is 4.79 Å². The van der Waals surface area contributed by atoms with E-state index in [2.05, 4.69) is 55.4 Å². The Morgan fingerprint density at radius 1 is 0.842 bits per heavy atom. The van der Waals surface area contributed by atoms with Crippen molar-refractivity contribution in [2.75, 3.05) is 0 Å². The normalized spacial score (nSPS) is 17.9. The second kappa shape index (κ2) is 7.45. The van der Waals surface area contributed by atoms with Crippen LogP contribution in [0.1, 0.15) is 81.1 Å². The molecule has 1 heteroatoms. The standard InChI is InChI=1S/C18H36O/c1-14(11-17(3,4)5)9-10-16(13-19)15(2)12-18(6,7)8/h13-16H,9-12H2,1-8H3. The molecule has 0 saturated carbocycles. The summed E-state index contributed by atoms with van der Waals surface area (Å²) in [5.74, 6) is 1.45. The monoisotopic (exact) mass is 268 g/mol. The van der Waals surface area contributed by atoms with E-state index in [4.69, 9.17) is 0 Å². The highest BCUT2D eigenvalue weighted by Gasteiger charge is 2.23. The van der Waals surface area contributed by atoms with E-state index in [1.807, 2.05) is 0 Å². The van der Waals surface area contributed by atoms with Crippen LogP contribution in [0, 0.1) is 28.6 Å². The first-order valence-corrected chi connectivity index (χ1v) is 7.90. The van der Waals surface area contributed by atoms with Crippen molar-refractivity contribution in [2.24, 2.45) is 28.6 Å². The molecular weight excluding hydrogens is 232 g/mol. The third kappa shape index (κ3) is 10.2. The maximum absolute atomic E-state index is 11.3. The Kier molecular flexibility index (Phi) is 7.32. The minimum atomic E-state index is 0.238. The molecule has 19 heavy (non-hydrogen) atoms. The van der Waals surface area contributed by atoms with E-state index in [1.165, 1.54) is 19.1 Å². The van der Waals surface area contributed by atoms with Crippen LogP contribution in [-0.4, -0.2) is 6.29 Å². The van der Waals surface area contributed by atoms with Gasteiger partial charge in [0.2, 0.25) is 0 Å². The summed E-state index contributed by atoms with van der Waals surface area (Å²) in [5, 5.41) is 0. The fraction of sp³-hybridized carbons (Fsp3) is 0.944. The van der Waals surface area contributed by atoms with E-state index in [-0.39, 0.29) is 5.92 Å². The lowest BCUT2D eigenvalue weighted by atomic mass is 9.77. The summed E-state index contributed by atoms with van der Waals surface area (Å²) in [7, 11) is 0. The van der Waals surface area contributed by atoms with Gasteiger partial charge in [0, 0.05) is 5.92 Å². The fourth-order valence-electron chi connectivity index (χ4n) is 3.23. The van der Waals surface area contributed by atoms with Crippen molar-refractivity contribution in [3.63, 3.8) is 0 Å². The van der Waals surface area contributed by atoms with E-state index >= 15 is 0 Å². The topological polar surface area (TPSA) is 17.1 Å². The van der Waals surface area contributed by atoms with Gasteiger partial charge in [0.25, 0.3) is 0 Å². The average Bonchev–Trinajstić information content (AvgIpc) is 2.12. The molecule has 3 unspecified atom stereocenters. The highest BCUT2D eigenvalue weighted by atomic mass is 16.1. The second-order valence-corrected chi connectivity index (χ2v) is 8.99. The van der Waals surface area contributed by atoms with Crippen molar-refractivity contribution >= 4 is 6.29 Å². The van der Waals surface area contributed by atoms with Gasteiger partial charge in [0.15, 0.2) is 0 Å². The lowest BCUT2D eigenvalue weighted by Gasteiger charge is -2.28. The molecule has 0 N–H and O–H groups in total. The Hall–Kier alpha value is -0.330. The average molecular weight is 268 g/mol. The predicted octanol–water partition coefficient (Wildman–Crippen LogP) is 5.73. The minimum Gasteiger partial charge on any atom is -0.303 e. The zero-order chi connectivity index (χ0) is 15.3. The van der Waals surface area contributed by atoms with Gasteiger partial charge >= 0.3 is 0 Å². The minimum absolute atomic E-state index is 0.238. The first-order chi connectivity index (χ1) is 8.44. The Bertz CT molecular complexity index is 254. The van der Waals surface area contributed by atoms with Gasteiger partial charge < -0.3 is 4.79 Å². The van der Waals surface area contributed by atoms with Gasteiger partial charge in [-0.2, -0.15) is 0 Å². The molecule has 0 aromatic rings. The van der Waals surface area contributed by atoms with Crippen LogP contribution in [0.2, 0.25) is 0 Å². The molecule has 0 spiro atoms. The largest absolute Gasteiger partial charge is 0.303 e.